The molecule has 2 aliphatic heterocycles. The first-order valence-electron chi connectivity index (χ1n) is 9.00. The Morgan fingerprint density at radius 1 is 1.04 bits per heavy atom. The van der Waals surface area contributed by atoms with Gasteiger partial charge in [0.2, 0.25) is 0 Å². The fourth-order valence-corrected chi connectivity index (χ4v) is 4.62. The van der Waals surface area contributed by atoms with Crippen LogP contribution in [-0.4, -0.2) is 47.8 Å². The first kappa shape index (κ1) is 15.5. The molecular formula is C19H21N3O2S. The van der Waals surface area contributed by atoms with E-state index in [1.807, 2.05) is 30.0 Å². The van der Waals surface area contributed by atoms with Crippen molar-refractivity contribution in [2.45, 2.75) is 18.8 Å². The SMILES string of the molecule is c1ccc2c(c1)oc1c(N3CCSCC3)nc(C3CCOCC3)nc12. The molecule has 0 amide bonds. The fraction of sp³-hybridized carbons (Fsp3) is 0.474. The van der Waals surface area contributed by atoms with Crippen LogP contribution in [0.15, 0.2) is 28.7 Å². The lowest BCUT2D eigenvalue weighted by Gasteiger charge is -2.28. The minimum Gasteiger partial charge on any atom is -0.450 e. The van der Waals surface area contributed by atoms with Gasteiger partial charge in [-0.05, 0) is 25.0 Å². The quantitative estimate of drug-likeness (QED) is 0.696. The van der Waals surface area contributed by atoms with Gasteiger partial charge in [0.25, 0.3) is 0 Å². The third-order valence-electron chi connectivity index (χ3n) is 5.12. The van der Waals surface area contributed by atoms with Gasteiger partial charge in [0.05, 0.1) is 0 Å². The Morgan fingerprint density at radius 2 is 1.84 bits per heavy atom. The third-order valence-corrected chi connectivity index (χ3v) is 6.06. The minimum atomic E-state index is 0.379. The number of aromatic nitrogens is 2. The van der Waals surface area contributed by atoms with Crippen molar-refractivity contribution in [1.82, 2.24) is 9.97 Å². The van der Waals surface area contributed by atoms with Crippen molar-refractivity contribution in [3.8, 4) is 0 Å². The molecule has 0 radical (unpaired) electrons. The number of rotatable bonds is 2. The van der Waals surface area contributed by atoms with Gasteiger partial charge < -0.3 is 14.1 Å². The predicted octanol–water partition coefficient (Wildman–Crippen LogP) is 3.82. The van der Waals surface area contributed by atoms with Gasteiger partial charge in [0.1, 0.15) is 16.9 Å². The zero-order chi connectivity index (χ0) is 16.6. The summed E-state index contributed by atoms with van der Waals surface area (Å²) in [7, 11) is 0. The van der Waals surface area contributed by atoms with Gasteiger partial charge in [-0.1, -0.05) is 12.1 Å². The fourth-order valence-electron chi connectivity index (χ4n) is 3.72. The number of para-hydroxylation sites is 1. The summed E-state index contributed by atoms with van der Waals surface area (Å²) in [4.78, 5) is 12.3. The van der Waals surface area contributed by atoms with Crippen LogP contribution in [0, 0.1) is 0 Å². The Labute approximate surface area is 150 Å². The molecule has 2 aromatic heterocycles. The number of thioether (sulfide) groups is 1. The molecule has 0 N–H and O–H groups in total. The average molecular weight is 355 g/mol. The summed E-state index contributed by atoms with van der Waals surface area (Å²) in [5.41, 5.74) is 2.69. The van der Waals surface area contributed by atoms with E-state index in [9.17, 15) is 0 Å². The lowest BCUT2D eigenvalue weighted by atomic mass is 9.99. The molecular weight excluding hydrogens is 334 g/mol. The molecule has 5 nitrogen and oxygen atoms in total. The van der Waals surface area contributed by atoms with E-state index in [1.54, 1.807) is 0 Å². The summed E-state index contributed by atoms with van der Waals surface area (Å²) in [6, 6.07) is 8.16. The van der Waals surface area contributed by atoms with Crippen LogP contribution in [0.4, 0.5) is 5.82 Å². The number of hydrogen-bond donors (Lipinski definition) is 0. The smallest absolute Gasteiger partial charge is 0.196 e. The van der Waals surface area contributed by atoms with E-state index < -0.39 is 0 Å². The van der Waals surface area contributed by atoms with Crippen molar-refractivity contribution >= 4 is 39.6 Å². The minimum absolute atomic E-state index is 0.379. The molecule has 2 aliphatic rings. The molecule has 0 unspecified atom stereocenters. The van der Waals surface area contributed by atoms with Crippen molar-refractivity contribution in [1.29, 1.82) is 0 Å². The van der Waals surface area contributed by atoms with Crippen LogP contribution < -0.4 is 4.90 Å². The van der Waals surface area contributed by atoms with Gasteiger partial charge in [-0.15, -0.1) is 0 Å². The molecule has 0 aliphatic carbocycles. The first-order chi connectivity index (χ1) is 12.4. The van der Waals surface area contributed by atoms with Crippen LogP contribution >= 0.6 is 11.8 Å². The summed E-state index contributed by atoms with van der Waals surface area (Å²) in [5.74, 6) is 4.58. The highest BCUT2D eigenvalue weighted by Crippen LogP contribution is 2.36. The number of ether oxygens (including phenoxy) is 1. The number of anilines is 1. The number of benzene rings is 1. The highest BCUT2D eigenvalue weighted by molar-refractivity contribution is 7.99. The van der Waals surface area contributed by atoms with Crippen LogP contribution in [-0.2, 0) is 4.74 Å². The first-order valence-corrected chi connectivity index (χ1v) is 10.2. The monoisotopic (exact) mass is 355 g/mol. The Morgan fingerprint density at radius 3 is 2.68 bits per heavy atom. The molecule has 4 heterocycles. The molecule has 1 aromatic carbocycles. The molecule has 2 fully saturated rings. The van der Waals surface area contributed by atoms with Crippen molar-refractivity contribution < 1.29 is 9.15 Å². The van der Waals surface area contributed by atoms with Crippen LogP contribution in [0.2, 0.25) is 0 Å². The molecule has 2 saturated heterocycles. The molecule has 5 rings (SSSR count). The highest BCUT2D eigenvalue weighted by Gasteiger charge is 2.25. The molecule has 25 heavy (non-hydrogen) atoms. The second-order valence-electron chi connectivity index (χ2n) is 6.67. The van der Waals surface area contributed by atoms with Crippen molar-refractivity contribution in [3.05, 3.63) is 30.1 Å². The Balaban J connectivity index is 1.70. The summed E-state index contributed by atoms with van der Waals surface area (Å²) in [6.07, 6.45) is 1.99. The van der Waals surface area contributed by atoms with E-state index in [2.05, 4.69) is 11.0 Å². The summed E-state index contributed by atoms with van der Waals surface area (Å²) in [5, 5.41) is 1.08. The normalized spacial score (nSPS) is 19.8. The van der Waals surface area contributed by atoms with E-state index in [0.29, 0.717) is 5.92 Å². The van der Waals surface area contributed by atoms with Crippen molar-refractivity contribution in [2.24, 2.45) is 0 Å². The van der Waals surface area contributed by atoms with Crippen LogP contribution in [0.25, 0.3) is 22.1 Å². The van der Waals surface area contributed by atoms with Crippen molar-refractivity contribution in [3.63, 3.8) is 0 Å². The molecule has 0 bridgehead atoms. The molecule has 130 valence electrons. The molecule has 3 aromatic rings. The van der Waals surface area contributed by atoms with E-state index in [1.165, 1.54) is 0 Å². The maximum absolute atomic E-state index is 6.18. The third kappa shape index (κ3) is 2.77. The summed E-state index contributed by atoms with van der Waals surface area (Å²) in [6.45, 7) is 3.63. The van der Waals surface area contributed by atoms with Gasteiger partial charge >= 0.3 is 0 Å². The Bertz CT molecular complexity index is 898. The Hall–Kier alpha value is -1.79. The topological polar surface area (TPSA) is 51.4 Å². The standard InChI is InChI=1S/C19H21N3O2S/c1-2-4-15-14(3-1)16-17(24-15)19(22-7-11-25-12-8-22)21-18(20-16)13-5-9-23-10-6-13/h1-4,13H,5-12H2. The Kier molecular flexibility index (Phi) is 4.02. The summed E-state index contributed by atoms with van der Waals surface area (Å²) < 4.78 is 11.7. The number of furan rings is 1. The maximum Gasteiger partial charge on any atom is 0.196 e. The van der Waals surface area contributed by atoms with E-state index in [4.69, 9.17) is 19.1 Å². The predicted molar refractivity (Wildman–Crippen MR) is 102 cm³/mol. The second kappa shape index (κ2) is 6.50. The van der Waals surface area contributed by atoms with Crippen LogP contribution in [0.5, 0.6) is 0 Å². The maximum atomic E-state index is 6.18. The van der Waals surface area contributed by atoms with Gasteiger partial charge in [0, 0.05) is 49.1 Å². The van der Waals surface area contributed by atoms with E-state index in [0.717, 1.165) is 84.4 Å². The number of nitrogens with zero attached hydrogens (tertiary/aromatic N) is 3. The van der Waals surface area contributed by atoms with Crippen LogP contribution in [0.1, 0.15) is 24.6 Å². The van der Waals surface area contributed by atoms with Crippen LogP contribution in [0.3, 0.4) is 0 Å². The summed E-state index contributed by atoms with van der Waals surface area (Å²) >= 11 is 2.00. The van der Waals surface area contributed by atoms with Crippen molar-refractivity contribution in [2.75, 3.05) is 42.7 Å². The number of hydrogen-bond acceptors (Lipinski definition) is 6. The van der Waals surface area contributed by atoms with Gasteiger partial charge in [0.15, 0.2) is 11.4 Å². The zero-order valence-electron chi connectivity index (χ0n) is 14.1. The lowest BCUT2D eigenvalue weighted by Crippen LogP contribution is -2.33. The molecule has 6 heteroatoms. The number of fused-ring (bicyclic) bond motifs is 3. The molecule has 0 atom stereocenters. The molecule has 0 saturated carbocycles. The lowest BCUT2D eigenvalue weighted by molar-refractivity contribution is 0.0836. The molecule has 0 spiro atoms. The van der Waals surface area contributed by atoms with Gasteiger partial charge in [-0.25, -0.2) is 9.97 Å². The second-order valence-corrected chi connectivity index (χ2v) is 7.89. The zero-order valence-corrected chi connectivity index (χ0v) is 14.9. The average Bonchev–Trinajstić information content (AvgIpc) is 3.07. The van der Waals surface area contributed by atoms with E-state index in [-0.39, 0.29) is 0 Å². The van der Waals surface area contributed by atoms with E-state index >= 15 is 0 Å². The largest absolute Gasteiger partial charge is 0.450 e. The van der Waals surface area contributed by atoms with Gasteiger partial charge in [-0.3, -0.25) is 0 Å². The highest BCUT2D eigenvalue weighted by atomic mass is 32.2. The van der Waals surface area contributed by atoms with Gasteiger partial charge in [-0.2, -0.15) is 11.8 Å².